The summed E-state index contributed by atoms with van der Waals surface area (Å²) in [6.45, 7) is 3.77. The normalized spacial score (nSPS) is 14.7. The smallest absolute Gasteiger partial charge is 0.253 e. The molecular formula is C25H27F2N3O5. The van der Waals surface area contributed by atoms with Gasteiger partial charge >= 0.3 is 0 Å². The first kappa shape index (κ1) is 24.6. The number of rotatable bonds is 7. The molecule has 2 aromatic carbocycles. The van der Waals surface area contributed by atoms with Crippen molar-refractivity contribution in [1.82, 2.24) is 4.90 Å². The van der Waals surface area contributed by atoms with Gasteiger partial charge in [-0.2, -0.15) is 0 Å². The molecule has 1 aliphatic rings. The zero-order valence-electron chi connectivity index (χ0n) is 19.5. The van der Waals surface area contributed by atoms with Gasteiger partial charge in [0.05, 0.1) is 31.2 Å². The summed E-state index contributed by atoms with van der Waals surface area (Å²) in [6.07, 6.45) is 0. The van der Waals surface area contributed by atoms with E-state index < -0.39 is 17.7 Å². The summed E-state index contributed by atoms with van der Waals surface area (Å²) in [7, 11) is 1.55. The zero-order valence-corrected chi connectivity index (χ0v) is 19.5. The maximum atomic E-state index is 13.8. The average molecular weight is 488 g/mol. The first-order valence-electron chi connectivity index (χ1n) is 11.3. The van der Waals surface area contributed by atoms with Crippen molar-refractivity contribution in [2.45, 2.75) is 13.0 Å². The Hall–Kier alpha value is -3.50. The van der Waals surface area contributed by atoms with Crippen molar-refractivity contribution in [1.29, 1.82) is 0 Å². The van der Waals surface area contributed by atoms with E-state index in [1.165, 1.54) is 17.0 Å². The van der Waals surface area contributed by atoms with Crippen LogP contribution in [0.3, 0.4) is 0 Å². The second-order valence-electron chi connectivity index (χ2n) is 8.46. The third kappa shape index (κ3) is 5.44. The van der Waals surface area contributed by atoms with Crippen LogP contribution in [0.4, 0.5) is 20.4 Å². The highest BCUT2D eigenvalue weighted by Crippen LogP contribution is 2.31. The minimum atomic E-state index is -0.736. The van der Waals surface area contributed by atoms with E-state index in [1.807, 2.05) is 4.90 Å². The number of fused-ring (bicyclic) bond motifs is 1. The summed E-state index contributed by atoms with van der Waals surface area (Å²) >= 11 is 0. The Morgan fingerprint density at radius 3 is 2.49 bits per heavy atom. The number of aliphatic hydroxyl groups excluding tert-OH is 1. The number of hydrogen-bond acceptors (Lipinski definition) is 7. The number of ether oxygens (including phenoxy) is 1. The Balaban J connectivity index is 1.83. The monoisotopic (exact) mass is 487 g/mol. The number of carbonyl (C=O) groups excluding carboxylic acids is 1. The molecule has 35 heavy (non-hydrogen) atoms. The van der Waals surface area contributed by atoms with Gasteiger partial charge in [-0.1, -0.05) is 0 Å². The molecule has 0 radical (unpaired) electrons. The number of aliphatic hydroxyl groups is 1. The molecule has 1 fully saturated rings. The SMILES string of the molecule is CC(Nc1cc(F)cc(F)c1)c1cc(C(=O)N(C)CCO)cc2c(=O)cc(N3CCOCC3)oc12. The third-order valence-electron chi connectivity index (χ3n) is 5.91. The fourth-order valence-electron chi connectivity index (χ4n) is 4.09. The Morgan fingerprint density at radius 1 is 1.14 bits per heavy atom. The summed E-state index contributed by atoms with van der Waals surface area (Å²) in [5, 5.41) is 12.4. The number of anilines is 2. The molecule has 3 aromatic rings. The number of carbonyl (C=O) groups is 1. The van der Waals surface area contributed by atoms with Crippen LogP contribution in [0.5, 0.6) is 0 Å². The predicted octanol–water partition coefficient (Wildman–Crippen LogP) is 3.15. The lowest BCUT2D eigenvalue weighted by molar-refractivity contribution is 0.0767. The van der Waals surface area contributed by atoms with E-state index in [9.17, 15) is 23.5 Å². The highest BCUT2D eigenvalue weighted by molar-refractivity contribution is 5.98. The Morgan fingerprint density at radius 2 is 1.83 bits per heavy atom. The molecule has 2 heterocycles. The van der Waals surface area contributed by atoms with Gasteiger partial charge in [0.1, 0.15) is 17.2 Å². The minimum Gasteiger partial charge on any atom is -0.440 e. The van der Waals surface area contributed by atoms with Crippen LogP contribution in [0.15, 0.2) is 45.6 Å². The van der Waals surface area contributed by atoms with Crippen molar-refractivity contribution in [3.05, 3.63) is 69.4 Å². The molecule has 0 spiro atoms. The van der Waals surface area contributed by atoms with E-state index in [0.717, 1.165) is 18.2 Å². The molecule has 0 saturated carbocycles. The van der Waals surface area contributed by atoms with E-state index in [-0.39, 0.29) is 46.7 Å². The van der Waals surface area contributed by atoms with Crippen LogP contribution >= 0.6 is 0 Å². The molecule has 10 heteroatoms. The van der Waals surface area contributed by atoms with Crippen molar-refractivity contribution in [2.75, 3.05) is 56.7 Å². The lowest BCUT2D eigenvalue weighted by Gasteiger charge is -2.27. The molecule has 186 valence electrons. The Kier molecular flexibility index (Phi) is 7.32. The number of amides is 1. The number of nitrogens with zero attached hydrogens (tertiary/aromatic N) is 2. The number of hydrogen-bond donors (Lipinski definition) is 2. The largest absolute Gasteiger partial charge is 0.440 e. The first-order valence-corrected chi connectivity index (χ1v) is 11.3. The topological polar surface area (TPSA) is 95.3 Å². The maximum absolute atomic E-state index is 13.8. The Bertz CT molecular complexity index is 1270. The van der Waals surface area contributed by atoms with Gasteiger partial charge in [-0.05, 0) is 31.2 Å². The summed E-state index contributed by atoms with van der Waals surface area (Å²) in [5.41, 5.74) is 0.854. The maximum Gasteiger partial charge on any atom is 0.253 e. The minimum absolute atomic E-state index is 0.118. The third-order valence-corrected chi connectivity index (χ3v) is 5.91. The number of benzene rings is 2. The van der Waals surface area contributed by atoms with Crippen molar-refractivity contribution in [2.24, 2.45) is 0 Å². The Labute approximate surface area is 200 Å². The van der Waals surface area contributed by atoms with Crippen LogP contribution in [-0.2, 0) is 4.74 Å². The van der Waals surface area contributed by atoms with Gasteiger partial charge in [0, 0.05) is 55.6 Å². The van der Waals surface area contributed by atoms with E-state index in [4.69, 9.17) is 9.15 Å². The van der Waals surface area contributed by atoms with Crippen molar-refractivity contribution in [3.63, 3.8) is 0 Å². The predicted molar refractivity (Wildman–Crippen MR) is 128 cm³/mol. The van der Waals surface area contributed by atoms with Gasteiger partial charge in [0.2, 0.25) is 0 Å². The second kappa shape index (κ2) is 10.4. The van der Waals surface area contributed by atoms with E-state index in [1.54, 1.807) is 20.0 Å². The molecule has 4 rings (SSSR count). The molecule has 1 unspecified atom stereocenters. The number of morpholine rings is 1. The summed E-state index contributed by atoms with van der Waals surface area (Å²) < 4.78 is 39.1. The molecule has 0 aliphatic carbocycles. The summed E-state index contributed by atoms with van der Waals surface area (Å²) in [5.74, 6) is -1.48. The van der Waals surface area contributed by atoms with Crippen LogP contribution in [0, 0.1) is 11.6 Å². The van der Waals surface area contributed by atoms with Gasteiger partial charge in [0.15, 0.2) is 11.3 Å². The molecule has 1 saturated heterocycles. The first-order chi connectivity index (χ1) is 16.8. The van der Waals surface area contributed by atoms with Crippen LogP contribution in [0.25, 0.3) is 11.0 Å². The number of likely N-dealkylation sites (N-methyl/N-ethyl adjacent to an activating group) is 1. The highest BCUT2D eigenvalue weighted by atomic mass is 19.1. The van der Waals surface area contributed by atoms with Crippen LogP contribution < -0.4 is 15.6 Å². The van der Waals surface area contributed by atoms with Gasteiger partial charge in [0.25, 0.3) is 5.91 Å². The van der Waals surface area contributed by atoms with Gasteiger partial charge in [-0.15, -0.1) is 0 Å². The van der Waals surface area contributed by atoms with E-state index in [2.05, 4.69) is 5.32 Å². The lowest BCUT2D eigenvalue weighted by Crippen LogP contribution is -2.36. The summed E-state index contributed by atoms with van der Waals surface area (Å²) in [6, 6.07) is 6.95. The van der Waals surface area contributed by atoms with Crippen LogP contribution in [-0.4, -0.2) is 62.4 Å². The van der Waals surface area contributed by atoms with Crippen molar-refractivity contribution >= 4 is 28.4 Å². The molecule has 0 bridgehead atoms. The highest BCUT2D eigenvalue weighted by Gasteiger charge is 2.22. The van der Waals surface area contributed by atoms with E-state index >= 15 is 0 Å². The number of halogens is 2. The molecule has 2 N–H and O–H groups in total. The zero-order chi connectivity index (χ0) is 25.1. The van der Waals surface area contributed by atoms with Crippen LogP contribution in [0.1, 0.15) is 28.9 Å². The fraction of sp³-hybridized carbons (Fsp3) is 0.360. The average Bonchev–Trinajstić information content (AvgIpc) is 2.83. The molecule has 1 amide bonds. The van der Waals surface area contributed by atoms with Crippen molar-refractivity contribution < 1.29 is 27.8 Å². The van der Waals surface area contributed by atoms with Crippen LogP contribution in [0.2, 0.25) is 0 Å². The quantitative estimate of drug-likeness (QED) is 0.529. The standard InChI is InChI=1S/C25H27F2N3O5/c1-15(28-19-12-17(26)11-18(27)13-19)20-9-16(25(33)29(2)3-6-31)10-21-22(32)14-23(35-24(20)21)30-4-7-34-8-5-30/h9-15,28,31H,3-8H2,1-2H3. The lowest BCUT2D eigenvalue weighted by atomic mass is 9.99. The second-order valence-corrected chi connectivity index (χ2v) is 8.46. The molecule has 1 aliphatic heterocycles. The molecular weight excluding hydrogens is 460 g/mol. The summed E-state index contributed by atoms with van der Waals surface area (Å²) in [4.78, 5) is 29.3. The molecule has 1 aromatic heterocycles. The number of nitrogens with one attached hydrogen (secondary N) is 1. The van der Waals surface area contributed by atoms with E-state index in [0.29, 0.717) is 37.8 Å². The molecule has 1 atom stereocenters. The van der Waals surface area contributed by atoms with Gasteiger partial charge in [-0.25, -0.2) is 8.78 Å². The van der Waals surface area contributed by atoms with Gasteiger partial charge < -0.3 is 29.4 Å². The van der Waals surface area contributed by atoms with Gasteiger partial charge in [-0.3, -0.25) is 9.59 Å². The van der Waals surface area contributed by atoms with Crippen molar-refractivity contribution in [3.8, 4) is 0 Å². The fourth-order valence-corrected chi connectivity index (χ4v) is 4.09. The molecule has 8 nitrogen and oxygen atoms in total.